The number of sulfonamides is 1. The SMILES string of the molecule is CC(C)C[C@H](NC(=O)O)C(=O)N[C@@H](Cc1ccccc1)[C@@H](O)CN(CC(C)C)S(=O)(=O)c1ccc(C=NO)cc1. The van der Waals surface area contributed by atoms with E-state index >= 15 is 0 Å². The first-order chi connectivity index (χ1) is 18.8. The zero-order chi connectivity index (χ0) is 29.9. The normalized spacial score (nSPS) is 14.4. The number of hydrogen-bond donors (Lipinski definition) is 5. The molecule has 5 N–H and O–H groups in total. The molecule has 2 amide bonds. The zero-order valence-electron chi connectivity index (χ0n) is 23.3. The fourth-order valence-corrected chi connectivity index (χ4v) is 5.86. The van der Waals surface area contributed by atoms with Crippen LogP contribution in [0.5, 0.6) is 0 Å². The number of nitrogens with one attached hydrogen (secondary N) is 2. The maximum atomic E-state index is 13.6. The average Bonchev–Trinajstić information content (AvgIpc) is 2.87. The van der Waals surface area contributed by atoms with Crippen molar-refractivity contribution in [2.75, 3.05) is 13.1 Å². The van der Waals surface area contributed by atoms with E-state index in [1.165, 1.54) is 34.8 Å². The molecule has 2 aromatic rings. The quantitative estimate of drug-likeness (QED) is 0.123. The molecule has 0 saturated carbocycles. The molecule has 0 radical (unpaired) electrons. The number of carboxylic acid groups (broad SMARTS) is 1. The van der Waals surface area contributed by atoms with E-state index in [4.69, 9.17) is 5.21 Å². The van der Waals surface area contributed by atoms with Crippen LogP contribution in [0.25, 0.3) is 0 Å². The Bertz CT molecular complexity index is 1220. The molecule has 2 aromatic carbocycles. The standard InChI is InChI=1S/C28H40N4O7S/c1-19(2)14-25(31-28(35)36)27(34)30-24(15-21-8-6-5-7-9-21)26(33)18-32(17-20(3)4)40(38,39)23-12-10-22(11-13-23)16-29-37/h5-13,16,19-20,24-26,31,33,37H,14-15,17-18H2,1-4H3,(H,30,34)(H,35,36)/t24-,25-,26-/m0/s1. The number of hydrogen-bond acceptors (Lipinski definition) is 7. The molecule has 0 aliphatic rings. The first kappa shape index (κ1) is 32.7. The van der Waals surface area contributed by atoms with Crippen molar-refractivity contribution >= 4 is 28.2 Å². The topological polar surface area (TPSA) is 169 Å². The van der Waals surface area contributed by atoms with Gasteiger partial charge in [0.15, 0.2) is 0 Å². The number of aliphatic hydroxyl groups excluding tert-OH is 1. The molecule has 3 atom stereocenters. The summed E-state index contributed by atoms with van der Waals surface area (Å²) in [5, 5.41) is 37.3. The molecule has 0 aliphatic carbocycles. The van der Waals surface area contributed by atoms with Gasteiger partial charge in [-0.3, -0.25) is 4.79 Å². The van der Waals surface area contributed by atoms with Crippen molar-refractivity contribution in [3.05, 3.63) is 65.7 Å². The number of carbonyl (C=O) groups excluding carboxylic acids is 1. The summed E-state index contributed by atoms with van der Waals surface area (Å²) < 4.78 is 28.4. The third-order valence-corrected chi connectivity index (χ3v) is 7.94. The lowest BCUT2D eigenvalue weighted by atomic mass is 9.98. The van der Waals surface area contributed by atoms with E-state index < -0.39 is 40.2 Å². The van der Waals surface area contributed by atoms with Crippen LogP contribution in [-0.2, 0) is 21.2 Å². The van der Waals surface area contributed by atoms with Gasteiger partial charge in [-0.15, -0.1) is 0 Å². The van der Waals surface area contributed by atoms with E-state index in [9.17, 15) is 28.2 Å². The number of oxime groups is 1. The van der Waals surface area contributed by atoms with Crippen molar-refractivity contribution in [1.29, 1.82) is 0 Å². The van der Waals surface area contributed by atoms with Crippen LogP contribution in [0.4, 0.5) is 4.79 Å². The van der Waals surface area contributed by atoms with Gasteiger partial charge in [0.05, 0.1) is 23.3 Å². The number of amides is 2. The maximum Gasteiger partial charge on any atom is 0.405 e. The first-order valence-electron chi connectivity index (χ1n) is 13.1. The predicted molar refractivity (Wildman–Crippen MR) is 152 cm³/mol. The van der Waals surface area contributed by atoms with Gasteiger partial charge in [-0.2, -0.15) is 4.31 Å². The molecule has 220 valence electrons. The number of rotatable bonds is 15. The van der Waals surface area contributed by atoms with Gasteiger partial charge in [-0.1, -0.05) is 75.3 Å². The Balaban J connectivity index is 2.37. The Kier molecular flexibility index (Phi) is 12.6. The third-order valence-electron chi connectivity index (χ3n) is 6.10. The van der Waals surface area contributed by atoms with Gasteiger partial charge in [0, 0.05) is 13.1 Å². The highest BCUT2D eigenvalue weighted by Gasteiger charge is 2.33. The molecule has 0 bridgehead atoms. The molecule has 0 aliphatic heterocycles. The van der Waals surface area contributed by atoms with Gasteiger partial charge in [-0.25, -0.2) is 13.2 Å². The van der Waals surface area contributed by atoms with E-state index in [0.717, 1.165) is 5.56 Å². The summed E-state index contributed by atoms with van der Waals surface area (Å²) in [6.07, 6.45) is -1.04. The van der Waals surface area contributed by atoms with Crippen molar-refractivity contribution in [3.63, 3.8) is 0 Å². The Morgan fingerprint density at radius 2 is 1.57 bits per heavy atom. The van der Waals surface area contributed by atoms with Crippen molar-refractivity contribution in [1.82, 2.24) is 14.9 Å². The molecule has 0 saturated heterocycles. The van der Waals surface area contributed by atoms with Gasteiger partial charge in [0.1, 0.15) is 6.04 Å². The number of benzene rings is 2. The van der Waals surface area contributed by atoms with Crippen LogP contribution in [0.15, 0.2) is 64.6 Å². The van der Waals surface area contributed by atoms with Gasteiger partial charge in [-0.05, 0) is 47.9 Å². The highest BCUT2D eigenvalue weighted by Crippen LogP contribution is 2.20. The molecule has 0 unspecified atom stereocenters. The summed E-state index contributed by atoms with van der Waals surface area (Å²) in [7, 11) is -4.04. The average molecular weight is 577 g/mol. The Labute approximate surface area is 236 Å². The van der Waals surface area contributed by atoms with Crippen molar-refractivity contribution in [2.45, 2.75) is 63.6 Å². The van der Waals surface area contributed by atoms with Gasteiger partial charge in [0.25, 0.3) is 0 Å². The molecule has 11 nitrogen and oxygen atoms in total. The molecule has 0 aromatic heterocycles. The van der Waals surface area contributed by atoms with Crippen molar-refractivity contribution in [3.8, 4) is 0 Å². The highest BCUT2D eigenvalue weighted by atomic mass is 32.2. The molecule has 0 spiro atoms. The molecule has 12 heteroatoms. The molecule has 2 rings (SSSR count). The smallest absolute Gasteiger partial charge is 0.405 e. The second kappa shape index (κ2) is 15.3. The Morgan fingerprint density at radius 1 is 0.950 bits per heavy atom. The van der Waals surface area contributed by atoms with Crippen molar-refractivity contribution < 1.29 is 33.4 Å². The lowest BCUT2D eigenvalue weighted by Crippen LogP contribution is -2.55. The molecular formula is C28H40N4O7S. The largest absolute Gasteiger partial charge is 0.465 e. The lowest BCUT2D eigenvalue weighted by Gasteiger charge is -2.31. The summed E-state index contributed by atoms with van der Waals surface area (Å²) >= 11 is 0. The van der Waals surface area contributed by atoms with E-state index in [-0.39, 0.29) is 42.7 Å². The lowest BCUT2D eigenvalue weighted by molar-refractivity contribution is -0.125. The minimum atomic E-state index is -4.04. The molecule has 0 heterocycles. The Morgan fingerprint density at radius 3 is 2.10 bits per heavy atom. The summed E-state index contributed by atoms with van der Waals surface area (Å²) in [6.45, 7) is 7.23. The van der Waals surface area contributed by atoms with E-state index in [2.05, 4.69) is 15.8 Å². The van der Waals surface area contributed by atoms with Crippen LogP contribution in [0.2, 0.25) is 0 Å². The second-order valence-electron chi connectivity index (χ2n) is 10.5. The zero-order valence-corrected chi connectivity index (χ0v) is 24.1. The first-order valence-corrected chi connectivity index (χ1v) is 14.6. The summed E-state index contributed by atoms with van der Waals surface area (Å²) in [5.74, 6) is -0.655. The molecule has 40 heavy (non-hydrogen) atoms. The van der Waals surface area contributed by atoms with Crippen LogP contribution in [0, 0.1) is 11.8 Å². The van der Waals surface area contributed by atoms with Crippen LogP contribution >= 0.6 is 0 Å². The van der Waals surface area contributed by atoms with Gasteiger partial charge < -0.3 is 26.1 Å². The molecule has 0 fully saturated rings. The van der Waals surface area contributed by atoms with Gasteiger partial charge in [0.2, 0.25) is 15.9 Å². The number of aliphatic hydroxyl groups is 1. The fourth-order valence-electron chi connectivity index (χ4n) is 4.24. The number of nitrogens with zero attached hydrogens (tertiary/aromatic N) is 2. The number of carbonyl (C=O) groups is 2. The monoisotopic (exact) mass is 576 g/mol. The summed E-state index contributed by atoms with van der Waals surface area (Å²) in [5.41, 5.74) is 1.31. The van der Waals surface area contributed by atoms with Crippen molar-refractivity contribution in [2.24, 2.45) is 17.0 Å². The second-order valence-corrected chi connectivity index (χ2v) is 12.5. The van der Waals surface area contributed by atoms with Gasteiger partial charge >= 0.3 is 6.09 Å². The van der Waals surface area contributed by atoms with E-state index in [0.29, 0.717) is 5.56 Å². The predicted octanol–water partition coefficient (Wildman–Crippen LogP) is 2.91. The van der Waals surface area contributed by atoms with Crippen LogP contribution in [-0.4, -0.2) is 77.6 Å². The minimum absolute atomic E-state index is 0.00161. The minimum Gasteiger partial charge on any atom is -0.465 e. The van der Waals surface area contributed by atoms with Crippen LogP contribution in [0.1, 0.15) is 45.2 Å². The highest BCUT2D eigenvalue weighted by molar-refractivity contribution is 7.89. The maximum absolute atomic E-state index is 13.6. The summed E-state index contributed by atoms with van der Waals surface area (Å²) in [6, 6.07) is 12.9. The van der Waals surface area contributed by atoms with E-state index in [1.807, 2.05) is 58.0 Å². The summed E-state index contributed by atoms with van der Waals surface area (Å²) in [4.78, 5) is 24.5. The fraction of sp³-hybridized carbons (Fsp3) is 0.464. The third kappa shape index (κ3) is 10.2. The van der Waals surface area contributed by atoms with Crippen LogP contribution < -0.4 is 10.6 Å². The van der Waals surface area contributed by atoms with E-state index in [1.54, 1.807) is 0 Å². The van der Waals surface area contributed by atoms with Crippen LogP contribution in [0.3, 0.4) is 0 Å². The molecular weight excluding hydrogens is 536 g/mol. The Hall–Kier alpha value is -3.48.